The molecular weight excluding hydrogens is 240 g/mol. The van der Waals surface area contributed by atoms with Gasteiger partial charge in [-0.15, -0.1) is 0 Å². The van der Waals surface area contributed by atoms with Crippen LogP contribution in [0.1, 0.15) is 43.0 Å². The molecule has 1 aromatic carbocycles. The first kappa shape index (κ1) is 13.7. The van der Waals surface area contributed by atoms with Crippen LogP contribution in [0.2, 0.25) is 0 Å². The summed E-state index contributed by atoms with van der Waals surface area (Å²) in [5.74, 6) is 0.534. The van der Waals surface area contributed by atoms with Crippen molar-refractivity contribution in [1.82, 2.24) is 4.90 Å². The number of nitrogens with two attached hydrogens (primary N) is 1. The largest absolute Gasteiger partial charge is 0.505 e. The number of piperidine rings is 1. The Balaban J connectivity index is 2.03. The average molecular weight is 262 g/mol. The van der Waals surface area contributed by atoms with E-state index in [0.717, 1.165) is 31.8 Å². The number of para-hydroxylation sites is 1. The number of amides is 1. The molecule has 1 aliphatic rings. The van der Waals surface area contributed by atoms with Crippen LogP contribution in [0.3, 0.4) is 0 Å². The van der Waals surface area contributed by atoms with Crippen molar-refractivity contribution >= 4 is 11.6 Å². The standard InChI is InChI=1S/C15H22N2O2/c1-2-4-11-7-9-17(10-8-11)15(19)12-5-3-6-13(16)14(12)18/h3,5-6,11,18H,2,4,7-10,16H2,1H3. The van der Waals surface area contributed by atoms with Crippen LogP contribution in [-0.2, 0) is 0 Å². The summed E-state index contributed by atoms with van der Waals surface area (Å²) in [6.45, 7) is 3.75. The number of nitrogens with zero attached hydrogens (tertiary/aromatic N) is 1. The number of hydrogen-bond acceptors (Lipinski definition) is 3. The molecule has 1 aliphatic heterocycles. The van der Waals surface area contributed by atoms with Crippen molar-refractivity contribution in [2.75, 3.05) is 18.8 Å². The van der Waals surface area contributed by atoms with Crippen LogP contribution >= 0.6 is 0 Å². The molecule has 1 amide bonds. The Kier molecular flexibility index (Phi) is 4.30. The second-order valence-electron chi connectivity index (χ2n) is 5.27. The van der Waals surface area contributed by atoms with Crippen molar-refractivity contribution in [3.05, 3.63) is 23.8 Å². The summed E-state index contributed by atoms with van der Waals surface area (Å²) in [4.78, 5) is 14.2. The molecular formula is C15H22N2O2. The van der Waals surface area contributed by atoms with E-state index in [1.54, 1.807) is 18.2 Å². The third-order valence-corrected chi connectivity index (χ3v) is 3.90. The zero-order valence-electron chi connectivity index (χ0n) is 11.4. The molecule has 19 heavy (non-hydrogen) atoms. The number of carbonyl (C=O) groups is 1. The topological polar surface area (TPSA) is 66.6 Å². The van der Waals surface area contributed by atoms with Gasteiger partial charge in [-0.05, 0) is 30.9 Å². The van der Waals surface area contributed by atoms with E-state index in [4.69, 9.17) is 5.73 Å². The van der Waals surface area contributed by atoms with Crippen LogP contribution in [0.4, 0.5) is 5.69 Å². The van der Waals surface area contributed by atoms with Gasteiger partial charge in [0.2, 0.25) is 0 Å². The minimum atomic E-state index is -0.111. The maximum absolute atomic E-state index is 12.3. The number of aromatic hydroxyl groups is 1. The molecule has 0 atom stereocenters. The van der Waals surface area contributed by atoms with Crippen molar-refractivity contribution in [2.45, 2.75) is 32.6 Å². The Morgan fingerprint density at radius 1 is 1.42 bits per heavy atom. The van der Waals surface area contributed by atoms with Gasteiger partial charge in [-0.2, -0.15) is 0 Å². The number of likely N-dealkylation sites (tertiary alicyclic amines) is 1. The lowest BCUT2D eigenvalue weighted by Gasteiger charge is -2.32. The molecule has 2 rings (SSSR count). The first-order chi connectivity index (χ1) is 9.13. The maximum atomic E-state index is 12.3. The molecule has 3 N–H and O–H groups in total. The smallest absolute Gasteiger partial charge is 0.257 e. The third kappa shape index (κ3) is 3.00. The fourth-order valence-electron chi connectivity index (χ4n) is 2.74. The van der Waals surface area contributed by atoms with Crippen LogP contribution in [0.5, 0.6) is 5.75 Å². The van der Waals surface area contributed by atoms with E-state index in [2.05, 4.69) is 6.92 Å². The van der Waals surface area contributed by atoms with Crippen molar-refractivity contribution in [1.29, 1.82) is 0 Å². The van der Waals surface area contributed by atoms with Gasteiger partial charge in [0.25, 0.3) is 5.91 Å². The lowest BCUT2D eigenvalue weighted by atomic mass is 9.92. The zero-order chi connectivity index (χ0) is 13.8. The molecule has 1 fully saturated rings. The van der Waals surface area contributed by atoms with Crippen molar-refractivity contribution in [3.63, 3.8) is 0 Å². The van der Waals surface area contributed by atoms with Gasteiger partial charge in [0.05, 0.1) is 11.3 Å². The normalized spacial score (nSPS) is 16.6. The number of rotatable bonds is 3. The lowest BCUT2D eigenvalue weighted by Crippen LogP contribution is -2.38. The summed E-state index contributed by atoms with van der Waals surface area (Å²) in [7, 11) is 0. The minimum absolute atomic E-state index is 0.0943. The van der Waals surface area contributed by atoms with Gasteiger partial charge >= 0.3 is 0 Å². The highest BCUT2D eigenvalue weighted by atomic mass is 16.3. The predicted octanol–water partition coefficient (Wildman–Crippen LogP) is 2.63. The highest BCUT2D eigenvalue weighted by Crippen LogP contribution is 2.28. The average Bonchev–Trinajstić information content (AvgIpc) is 2.42. The molecule has 0 aliphatic carbocycles. The Hall–Kier alpha value is -1.71. The summed E-state index contributed by atoms with van der Waals surface area (Å²) in [6, 6.07) is 4.93. The number of hydrogen-bond donors (Lipinski definition) is 2. The van der Waals surface area contributed by atoms with Gasteiger partial charge in [-0.1, -0.05) is 25.8 Å². The van der Waals surface area contributed by atoms with Crippen LogP contribution in [0, 0.1) is 5.92 Å². The number of phenols is 1. The van der Waals surface area contributed by atoms with Crippen LogP contribution in [0.25, 0.3) is 0 Å². The summed E-state index contributed by atoms with van der Waals surface area (Å²) < 4.78 is 0. The Morgan fingerprint density at radius 2 is 2.11 bits per heavy atom. The second kappa shape index (κ2) is 5.95. The molecule has 1 aromatic rings. The molecule has 0 unspecified atom stereocenters. The zero-order valence-corrected chi connectivity index (χ0v) is 11.4. The van der Waals surface area contributed by atoms with Crippen LogP contribution < -0.4 is 5.73 Å². The summed E-state index contributed by atoms with van der Waals surface area (Å²) in [5.41, 5.74) is 6.20. The number of benzene rings is 1. The monoisotopic (exact) mass is 262 g/mol. The fourth-order valence-corrected chi connectivity index (χ4v) is 2.74. The lowest BCUT2D eigenvalue weighted by molar-refractivity contribution is 0.0683. The number of anilines is 1. The van der Waals surface area contributed by atoms with Gasteiger partial charge in [0, 0.05) is 13.1 Å². The highest BCUT2D eigenvalue weighted by molar-refractivity contribution is 5.98. The number of carbonyl (C=O) groups excluding carboxylic acids is 1. The molecule has 4 nitrogen and oxygen atoms in total. The second-order valence-corrected chi connectivity index (χ2v) is 5.27. The number of nitrogen functional groups attached to an aromatic ring is 1. The van der Waals surface area contributed by atoms with Gasteiger partial charge in [0.1, 0.15) is 0 Å². The van der Waals surface area contributed by atoms with Gasteiger partial charge in [0.15, 0.2) is 5.75 Å². The van der Waals surface area contributed by atoms with E-state index in [0.29, 0.717) is 5.56 Å². The summed E-state index contributed by atoms with van der Waals surface area (Å²) in [5, 5.41) is 9.86. The fraction of sp³-hybridized carbons (Fsp3) is 0.533. The molecule has 4 heteroatoms. The third-order valence-electron chi connectivity index (χ3n) is 3.90. The molecule has 1 heterocycles. The minimum Gasteiger partial charge on any atom is -0.505 e. The first-order valence-electron chi connectivity index (χ1n) is 7.00. The van der Waals surface area contributed by atoms with E-state index in [9.17, 15) is 9.90 Å². The quantitative estimate of drug-likeness (QED) is 0.650. The Morgan fingerprint density at radius 3 is 2.74 bits per heavy atom. The van der Waals surface area contributed by atoms with Crippen LogP contribution in [0.15, 0.2) is 18.2 Å². The molecule has 0 spiro atoms. The summed E-state index contributed by atoms with van der Waals surface area (Å²) >= 11 is 0. The molecule has 0 aromatic heterocycles. The van der Waals surface area contributed by atoms with Crippen molar-refractivity contribution in [2.24, 2.45) is 5.92 Å². The maximum Gasteiger partial charge on any atom is 0.257 e. The SMILES string of the molecule is CCCC1CCN(C(=O)c2cccc(N)c2O)CC1. The molecule has 0 saturated carbocycles. The highest BCUT2D eigenvalue weighted by Gasteiger charge is 2.25. The van der Waals surface area contributed by atoms with Crippen molar-refractivity contribution in [3.8, 4) is 5.75 Å². The summed E-state index contributed by atoms with van der Waals surface area (Å²) in [6.07, 6.45) is 4.56. The first-order valence-corrected chi connectivity index (χ1v) is 7.00. The molecule has 0 bridgehead atoms. The number of phenolic OH excluding ortho intramolecular Hbond substituents is 1. The Labute approximate surface area is 114 Å². The van der Waals surface area contributed by atoms with Crippen molar-refractivity contribution < 1.29 is 9.90 Å². The molecule has 1 saturated heterocycles. The van der Waals surface area contributed by atoms with Gasteiger partial charge < -0.3 is 15.7 Å². The van der Waals surface area contributed by atoms with E-state index >= 15 is 0 Å². The van der Waals surface area contributed by atoms with E-state index in [1.807, 2.05) is 4.90 Å². The van der Waals surface area contributed by atoms with E-state index in [1.165, 1.54) is 12.8 Å². The van der Waals surface area contributed by atoms with Gasteiger partial charge in [-0.25, -0.2) is 0 Å². The van der Waals surface area contributed by atoms with Gasteiger partial charge in [-0.3, -0.25) is 4.79 Å². The van der Waals surface area contributed by atoms with E-state index < -0.39 is 0 Å². The molecule has 104 valence electrons. The Bertz CT molecular complexity index is 451. The van der Waals surface area contributed by atoms with Crippen LogP contribution in [-0.4, -0.2) is 29.0 Å². The molecule has 0 radical (unpaired) electrons. The predicted molar refractivity (Wildman–Crippen MR) is 76.1 cm³/mol. The van der Waals surface area contributed by atoms with E-state index in [-0.39, 0.29) is 17.3 Å².